The number of fused-ring (bicyclic) bond motifs is 1. The largest absolute Gasteiger partial charge is 0.316 e. The van der Waals surface area contributed by atoms with E-state index in [0.717, 1.165) is 53.7 Å². The van der Waals surface area contributed by atoms with Crippen LogP contribution < -0.4 is 16.2 Å². The van der Waals surface area contributed by atoms with Crippen molar-refractivity contribution in [2.24, 2.45) is 0 Å². The van der Waals surface area contributed by atoms with E-state index in [2.05, 4.69) is 49.6 Å². The molecule has 0 amide bonds. The summed E-state index contributed by atoms with van der Waals surface area (Å²) in [5.74, 6) is 0.156. The third-order valence-electron chi connectivity index (χ3n) is 7.51. The van der Waals surface area contributed by atoms with E-state index in [1.165, 1.54) is 6.33 Å². The van der Waals surface area contributed by atoms with E-state index in [9.17, 15) is 4.79 Å². The Morgan fingerprint density at radius 3 is 2.78 bits per heavy atom. The van der Waals surface area contributed by atoms with Crippen molar-refractivity contribution in [2.75, 3.05) is 13.6 Å². The molecule has 1 aromatic carbocycles. The van der Waals surface area contributed by atoms with E-state index in [4.69, 9.17) is 11.6 Å². The fourth-order valence-electron chi connectivity index (χ4n) is 5.78. The van der Waals surface area contributed by atoms with Gasteiger partial charge in [0.1, 0.15) is 12.0 Å². The van der Waals surface area contributed by atoms with Gasteiger partial charge in [0, 0.05) is 58.5 Å². The Labute approximate surface area is 221 Å². The molecule has 0 radical (unpaired) electrons. The Morgan fingerprint density at radius 1 is 1.16 bits per heavy atom. The standard InChI is InChI=1S/C28H32ClN7O/c1-4-34-28(16-36-26(37)8-6-20-14-32-17-33-27(20)36)10-9-24(30-3)22(12-28)21-7-5-19(11-23(21)29)25-15-31-13-18(2)35-25/h5-8,11,13-15,17,22,24,30,34H,4,9-10,12,16H2,1-3H3/t22-,24-,28-/m1/s1. The number of benzene rings is 1. The molecule has 2 N–H and O–H groups in total. The van der Waals surface area contributed by atoms with E-state index in [1.54, 1.807) is 35.3 Å². The van der Waals surface area contributed by atoms with Gasteiger partial charge in [-0.15, -0.1) is 0 Å². The summed E-state index contributed by atoms with van der Waals surface area (Å²) < 4.78 is 1.79. The fourth-order valence-corrected chi connectivity index (χ4v) is 6.10. The lowest BCUT2D eigenvalue weighted by Crippen LogP contribution is -2.56. The van der Waals surface area contributed by atoms with Gasteiger partial charge in [0.05, 0.1) is 17.6 Å². The van der Waals surface area contributed by atoms with Crippen LogP contribution in [-0.2, 0) is 6.54 Å². The molecular formula is C28H32ClN7O. The predicted octanol–water partition coefficient (Wildman–Crippen LogP) is 4.11. The van der Waals surface area contributed by atoms with Crippen molar-refractivity contribution < 1.29 is 0 Å². The van der Waals surface area contributed by atoms with Gasteiger partial charge in [-0.3, -0.25) is 14.3 Å². The monoisotopic (exact) mass is 517 g/mol. The van der Waals surface area contributed by atoms with Crippen molar-refractivity contribution >= 4 is 22.6 Å². The molecule has 5 rings (SSSR count). The number of nitrogens with one attached hydrogen (secondary N) is 2. The fraction of sp³-hybridized carbons (Fsp3) is 0.393. The first-order chi connectivity index (χ1) is 17.9. The van der Waals surface area contributed by atoms with Gasteiger partial charge in [0.25, 0.3) is 5.56 Å². The minimum absolute atomic E-state index is 0.0579. The SMILES string of the molecule is CCN[C@]1(Cn2c(=O)ccc3cncnc32)CC[C@@H](NC)[C@@H](c2ccc(-c3cncc(C)n3)cc2Cl)C1. The second-order valence-electron chi connectivity index (χ2n) is 9.90. The zero-order chi connectivity index (χ0) is 26.0. The first kappa shape index (κ1) is 25.4. The summed E-state index contributed by atoms with van der Waals surface area (Å²) in [6, 6.07) is 9.84. The van der Waals surface area contributed by atoms with Crippen LogP contribution in [0.25, 0.3) is 22.3 Å². The molecule has 0 bridgehead atoms. The number of rotatable bonds is 7. The van der Waals surface area contributed by atoms with Gasteiger partial charge in [-0.05, 0) is 57.5 Å². The zero-order valence-electron chi connectivity index (χ0n) is 21.4. The van der Waals surface area contributed by atoms with Crippen LogP contribution in [0.3, 0.4) is 0 Å². The van der Waals surface area contributed by atoms with Crippen molar-refractivity contribution in [1.82, 2.24) is 35.1 Å². The molecule has 0 unspecified atom stereocenters. The topological polar surface area (TPSA) is 97.6 Å². The molecule has 1 aliphatic rings. The van der Waals surface area contributed by atoms with Crippen LogP contribution in [0.15, 0.2) is 60.0 Å². The van der Waals surface area contributed by atoms with Crippen LogP contribution in [0, 0.1) is 6.92 Å². The molecule has 0 saturated heterocycles. The van der Waals surface area contributed by atoms with Crippen molar-refractivity contribution in [3.63, 3.8) is 0 Å². The van der Waals surface area contributed by atoms with E-state index in [0.29, 0.717) is 17.2 Å². The quantitative estimate of drug-likeness (QED) is 0.380. The van der Waals surface area contributed by atoms with Crippen molar-refractivity contribution in [3.05, 3.63) is 81.9 Å². The minimum atomic E-state index is -0.292. The predicted molar refractivity (Wildman–Crippen MR) is 147 cm³/mol. The second-order valence-corrected chi connectivity index (χ2v) is 10.3. The summed E-state index contributed by atoms with van der Waals surface area (Å²) in [5, 5.41) is 8.84. The Balaban J connectivity index is 1.52. The van der Waals surface area contributed by atoms with E-state index in [-0.39, 0.29) is 23.1 Å². The van der Waals surface area contributed by atoms with Crippen LogP contribution in [0.1, 0.15) is 43.4 Å². The smallest absolute Gasteiger partial charge is 0.252 e. The lowest BCUT2D eigenvalue weighted by Gasteiger charge is -2.46. The molecule has 3 atom stereocenters. The average Bonchev–Trinajstić information content (AvgIpc) is 2.90. The lowest BCUT2D eigenvalue weighted by molar-refractivity contribution is 0.162. The number of nitrogens with zero attached hydrogens (tertiary/aromatic N) is 5. The third-order valence-corrected chi connectivity index (χ3v) is 7.84. The van der Waals surface area contributed by atoms with Crippen LogP contribution in [0.2, 0.25) is 5.02 Å². The van der Waals surface area contributed by atoms with Crippen LogP contribution in [0.4, 0.5) is 0 Å². The molecule has 1 saturated carbocycles. The lowest BCUT2D eigenvalue weighted by atomic mass is 9.70. The van der Waals surface area contributed by atoms with Gasteiger partial charge in [0.15, 0.2) is 0 Å². The first-order valence-electron chi connectivity index (χ1n) is 12.7. The molecule has 3 aromatic heterocycles. The molecule has 1 fully saturated rings. The summed E-state index contributed by atoms with van der Waals surface area (Å²) >= 11 is 6.94. The van der Waals surface area contributed by atoms with Gasteiger partial charge in [0.2, 0.25) is 0 Å². The molecule has 9 heteroatoms. The number of pyridine rings is 1. The summed E-state index contributed by atoms with van der Waals surface area (Å²) in [6.45, 7) is 5.36. The van der Waals surface area contributed by atoms with Gasteiger partial charge < -0.3 is 10.6 Å². The Morgan fingerprint density at radius 2 is 2.03 bits per heavy atom. The van der Waals surface area contributed by atoms with Crippen LogP contribution in [-0.4, -0.2) is 49.7 Å². The maximum atomic E-state index is 13.0. The first-order valence-corrected chi connectivity index (χ1v) is 13.1. The number of hydrogen-bond donors (Lipinski definition) is 2. The van der Waals surface area contributed by atoms with Crippen molar-refractivity contribution in [2.45, 2.75) is 57.2 Å². The molecule has 0 spiro atoms. The van der Waals surface area contributed by atoms with Gasteiger partial charge in [-0.25, -0.2) is 15.0 Å². The molecule has 0 aliphatic heterocycles. The highest BCUT2D eigenvalue weighted by atomic mass is 35.5. The molecule has 1 aliphatic carbocycles. The number of aryl methyl sites for hydroxylation is 1. The highest BCUT2D eigenvalue weighted by molar-refractivity contribution is 6.31. The van der Waals surface area contributed by atoms with Crippen LogP contribution in [0.5, 0.6) is 0 Å². The van der Waals surface area contributed by atoms with Gasteiger partial charge >= 0.3 is 0 Å². The van der Waals surface area contributed by atoms with Gasteiger partial charge in [-0.1, -0.05) is 30.7 Å². The van der Waals surface area contributed by atoms with E-state index < -0.39 is 0 Å². The summed E-state index contributed by atoms with van der Waals surface area (Å²) in [4.78, 5) is 30.5. The summed E-state index contributed by atoms with van der Waals surface area (Å²) in [6.07, 6.45) is 9.44. The minimum Gasteiger partial charge on any atom is -0.316 e. The van der Waals surface area contributed by atoms with E-state index in [1.807, 2.05) is 20.0 Å². The molecule has 8 nitrogen and oxygen atoms in total. The number of hydrogen-bond acceptors (Lipinski definition) is 7. The number of aromatic nitrogens is 5. The summed E-state index contributed by atoms with van der Waals surface area (Å²) in [5.41, 5.74) is 4.03. The Kier molecular flexibility index (Phi) is 7.33. The number of halogens is 1. The second kappa shape index (κ2) is 10.7. The van der Waals surface area contributed by atoms with Gasteiger partial charge in [-0.2, -0.15) is 0 Å². The average molecular weight is 518 g/mol. The van der Waals surface area contributed by atoms with E-state index >= 15 is 0 Å². The summed E-state index contributed by atoms with van der Waals surface area (Å²) in [7, 11) is 2.01. The highest BCUT2D eigenvalue weighted by Crippen LogP contribution is 2.43. The van der Waals surface area contributed by atoms with Crippen molar-refractivity contribution in [3.8, 4) is 11.3 Å². The molecule has 192 valence electrons. The molecule has 4 aromatic rings. The maximum absolute atomic E-state index is 13.0. The zero-order valence-corrected chi connectivity index (χ0v) is 22.2. The maximum Gasteiger partial charge on any atom is 0.252 e. The third kappa shape index (κ3) is 5.14. The molecular weight excluding hydrogens is 486 g/mol. The normalized spacial score (nSPS) is 21.8. The Bertz CT molecular complexity index is 1470. The van der Waals surface area contributed by atoms with Crippen molar-refractivity contribution in [1.29, 1.82) is 0 Å². The molecule has 3 heterocycles. The Hall–Kier alpha value is -3.20. The number of likely N-dealkylation sites (N-methyl/N-ethyl adjacent to an activating group) is 2. The highest BCUT2D eigenvalue weighted by Gasteiger charge is 2.42. The van der Waals surface area contributed by atoms with Crippen LogP contribution >= 0.6 is 11.6 Å². The molecule has 37 heavy (non-hydrogen) atoms.